The molecule has 1 aliphatic carbocycles. The zero-order chi connectivity index (χ0) is 15.3. The molecule has 3 nitrogen and oxygen atoms in total. The van der Waals surface area contributed by atoms with Gasteiger partial charge in [-0.3, -0.25) is 0 Å². The van der Waals surface area contributed by atoms with E-state index in [-0.39, 0.29) is 11.8 Å². The molecule has 0 aliphatic heterocycles. The largest absolute Gasteiger partial charge is 0.313 e. The van der Waals surface area contributed by atoms with Crippen LogP contribution < -0.4 is 5.32 Å². The highest BCUT2D eigenvalue weighted by atomic mass is 79.9. The van der Waals surface area contributed by atoms with Gasteiger partial charge < -0.3 is 5.32 Å². The molecule has 1 unspecified atom stereocenters. The lowest BCUT2D eigenvalue weighted by Gasteiger charge is -2.30. The lowest BCUT2D eigenvalue weighted by atomic mass is 9.84. The maximum absolute atomic E-state index is 12.7. The smallest absolute Gasteiger partial charge is 0.179 e. The Morgan fingerprint density at radius 2 is 2.00 bits per heavy atom. The minimum absolute atomic E-state index is 0.0688. The van der Waals surface area contributed by atoms with Gasteiger partial charge in [0.25, 0.3) is 0 Å². The standard InChI is InChI=1S/C16H24BrNO2S/c1-2-18-16(13-7-4-3-5-8-13)12-21(19,20)15-10-6-9-14(17)11-15/h6,9-11,13,16,18H,2-5,7-8,12H2,1H3. The van der Waals surface area contributed by atoms with E-state index in [2.05, 4.69) is 21.2 Å². The normalized spacial score (nSPS) is 18.6. The van der Waals surface area contributed by atoms with Gasteiger partial charge in [-0.2, -0.15) is 0 Å². The van der Waals surface area contributed by atoms with Gasteiger partial charge >= 0.3 is 0 Å². The predicted molar refractivity (Wildman–Crippen MR) is 90.2 cm³/mol. The minimum atomic E-state index is -3.25. The van der Waals surface area contributed by atoms with Crippen LogP contribution in [0.1, 0.15) is 39.0 Å². The van der Waals surface area contributed by atoms with Gasteiger partial charge in [-0.05, 0) is 43.5 Å². The van der Waals surface area contributed by atoms with Crippen LogP contribution in [0.2, 0.25) is 0 Å². The van der Waals surface area contributed by atoms with Gasteiger partial charge in [0, 0.05) is 10.5 Å². The second kappa shape index (κ2) is 7.75. The zero-order valence-corrected chi connectivity index (χ0v) is 14.9. The first-order chi connectivity index (χ1) is 10.0. The molecule has 5 heteroatoms. The third-order valence-corrected chi connectivity index (χ3v) is 6.50. The van der Waals surface area contributed by atoms with Crippen LogP contribution in [0.3, 0.4) is 0 Å². The quantitative estimate of drug-likeness (QED) is 0.824. The molecule has 2 rings (SSSR count). The highest BCUT2D eigenvalue weighted by Crippen LogP contribution is 2.28. The van der Waals surface area contributed by atoms with E-state index in [0.717, 1.165) is 23.9 Å². The number of sulfone groups is 1. The Bertz CT molecular complexity index is 553. The van der Waals surface area contributed by atoms with Crippen LogP contribution in [0, 0.1) is 5.92 Å². The van der Waals surface area contributed by atoms with Crippen molar-refractivity contribution in [2.45, 2.75) is 50.0 Å². The molecule has 1 aromatic carbocycles. The highest BCUT2D eigenvalue weighted by Gasteiger charge is 2.28. The lowest BCUT2D eigenvalue weighted by Crippen LogP contribution is -2.42. The average Bonchev–Trinajstić information content (AvgIpc) is 2.47. The first-order valence-electron chi connectivity index (χ1n) is 7.74. The van der Waals surface area contributed by atoms with Gasteiger partial charge in [0.05, 0.1) is 10.6 Å². The van der Waals surface area contributed by atoms with Crippen molar-refractivity contribution >= 4 is 25.8 Å². The summed E-state index contributed by atoms with van der Waals surface area (Å²) in [4.78, 5) is 0.413. The number of benzene rings is 1. The van der Waals surface area contributed by atoms with Gasteiger partial charge in [-0.1, -0.05) is 48.2 Å². The van der Waals surface area contributed by atoms with E-state index in [9.17, 15) is 8.42 Å². The summed E-state index contributed by atoms with van der Waals surface area (Å²) in [6.45, 7) is 2.86. The van der Waals surface area contributed by atoms with E-state index in [1.165, 1.54) is 19.3 Å². The van der Waals surface area contributed by atoms with E-state index in [4.69, 9.17) is 0 Å². The second-order valence-corrected chi connectivity index (χ2v) is 8.75. The van der Waals surface area contributed by atoms with E-state index in [1.807, 2.05) is 13.0 Å². The Balaban J connectivity index is 2.14. The van der Waals surface area contributed by atoms with E-state index >= 15 is 0 Å². The number of rotatable bonds is 6. The maximum atomic E-state index is 12.7. The maximum Gasteiger partial charge on any atom is 0.179 e. The molecule has 0 amide bonds. The first kappa shape index (κ1) is 17.0. The summed E-state index contributed by atoms with van der Waals surface area (Å²) < 4.78 is 26.1. The zero-order valence-electron chi connectivity index (χ0n) is 12.5. The van der Waals surface area contributed by atoms with Crippen molar-refractivity contribution in [1.82, 2.24) is 5.32 Å². The molecule has 1 fully saturated rings. The van der Waals surface area contributed by atoms with Crippen molar-refractivity contribution in [2.75, 3.05) is 12.3 Å². The topological polar surface area (TPSA) is 46.2 Å². The molecule has 0 heterocycles. The summed E-state index contributed by atoms with van der Waals surface area (Å²) in [6, 6.07) is 7.07. The Morgan fingerprint density at radius 3 is 2.62 bits per heavy atom. The molecule has 0 aromatic heterocycles. The van der Waals surface area contributed by atoms with Gasteiger partial charge in [-0.25, -0.2) is 8.42 Å². The monoisotopic (exact) mass is 373 g/mol. The molecule has 0 saturated heterocycles. The van der Waals surface area contributed by atoms with E-state index in [1.54, 1.807) is 18.2 Å². The highest BCUT2D eigenvalue weighted by molar-refractivity contribution is 9.10. The van der Waals surface area contributed by atoms with E-state index < -0.39 is 9.84 Å². The van der Waals surface area contributed by atoms with Gasteiger partial charge in [0.2, 0.25) is 0 Å². The van der Waals surface area contributed by atoms with Crippen molar-refractivity contribution in [3.8, 4) is 0 Å². The van der Waals surface area contributed by atoms with Crippen molar-refractivity contribution < 1.29 is 8.42 Å². The summed E-state index contributed by atoms with van der Waals surface area (Å²) in [5.74, 6) is 0.683. The Morgan fingerprint density at radius 1 is 1.29 bits per heavy atom. The molecule has 21 heavy (non-hydrogen) atoms. The third-order valence-electron chi connectivity index (χ3n) is 4.24. The Hall–Kier alpha value is -0.390. The first-order valence-corrected chi connectivity index (χ1v) is 10.2. The minimum Gasteiger partial charge on any atom is -0.313 e. The molecular weight excluding hydrogens is 350 g/mol. The lowest BCUT2D eigenvalue weighted by molar-refractivity contribution is 0.285. The summed E-state index contributed by atoms with van der Waals surface area (Å²) in [7, 11) is -3.25. The number of hydrogen-bond donors (Lipinski definition) is 1. The van der Waals surface area contributed by atoms with Crippen LogP contribution >= 0.6 is 15.9 Å². The molecule has 0 bridgehead atoms. The fraction of sp³-hybridized carbons (Fsp3) is 0.625. The second-order valence-electron chi connectivity index (χ2n) is 5.80. The van der Waals surface area contributed by atoms with Crippen molar-refractivity contribution in [2.24, 2.45) is 5.92 Å². The molecular formula is C16H24BrNO2S. The van der Waals surface area contributed by atoms with Crippen LogP contribution in [0.15, 0.2) is 33.6 Å². The molecule has 118 valence electrons. The fourth-order valence-electron chi connectivity index (χ4n) is 3.15. The summed E-state index contributed by atoms with van der Waals surface area (Å²) >= 11 is 3.35. The number of halogens is 1. The Labute approximate surface area is 136 Å². The Kier molecular flexibility index (Phi) is 6.26. The van der Waals surface area contributed by atoms with Crippen LogP contribution in [0.5, 0.6) is 0 Å². The van der Waals surface area contributed by atoms with Crippen molar-refractivity contribution in [3.63, 3.8) is 0 Å². The van der Waals surface area contributed by atoms with Crippen molar-refractivity contribution in [3.05, 3.63) is 28.7 Å². The molecule has 0 spiro atoms. The fourth-order valence-corrected chi connectivity index (χ4v) is 5.35. The van der Waals surface area contributed by atoms with Gasteiger partial charge in [-0.15, -0.1) is 0 Å². The van der Waals surface area contributed by atoms with Crippen LogP contribution in [0.4, 0.5) is 0 Å². The number of nitrogens with one attached hydrogen (secondary N) is 1. The van der Waals surface area contributed by atoms with Crippen molar-refractivity contribution in [1.29, 1.82) is 0 Å². The summed E-state index contributed by atoms with van der Waals surface area (Å²) in [5.41, 5.74) is 0. The SMILES string of the molecule is CCNC(CS(=O)(=O)c1cccc(Br)c1)C1CCCCC1. The molecule has 0 radical (unpaired) electrons. The molecule has 1 aliphatic rings. The van der Waals surface area contributed by atoms with Crippen LogP contribution in [-0.4, -0.2) is 26.8 Å². The van der Waals surface area contributed by atoms with Gasteiger partial charge in [0.15, 0.2) is 9.84 Å². The third kappa shape index (κ3) is 4.80. The summed E-state index contributed by atoms with van der Waals surface area (Å²) in [5, 5.41) is 3.40. The molecule has 1 aromatic rings. The predicted octanol–water partition coefficient (Wildman–Crippen LogP) is 3.78. The molecule has 1 atom stereocenters. The van der Waals surface area contributed by atoms with E-state index in [0.29, 0.717) is 10.8 Å². The number of hydrogen-bond acceptors (Lipinski definition) is 3. The average molecular weight is 374 g/mol. The van der Waals surface area contributed by atoms with Crippen LogP contribution in [-0.2, 0) is 9.84 Å². The van der Waals surface area contributed by atoms with Gasteiger partial charge in [0.1, 0.15) is 0 Å². The molecule has 1 saturated carbocycles. The van der Waals surface area contributed by atoms with Crippen LogP contribution in [0.25, 0.3) is 0 Å². The molecule has 1 N–H and O–H groups in total. The summed E-state index contributed by atoms with van der Waals surface area (Å²) in [6.07, 6.45) is 6.03.